The number of aromatic nitrogens is 1. The van der Waals surface area contributed by atoms with Crippen LogP contribution < -0.4 is 10.2 Å². The zero-order valence-electron chi connectivity index (χ0n) is 15.2. The SMILES string of the molecule is CC(C)C(=O)N1CCN(c2ccc(NC(=O)c3cccnc3)cc2)CC1. The van der Waals surface area contributed by atoms with Crippen LogP contribution in [0, 0.1) is 5.92 Å². The normalized spacial score (nSPS) is 14.4. The first kappa shape index (κ1) is 17.9. The Morgan fingerprint density at radius 2 is 1.73 bits per heavy atom. The first-order valence-electron chi connectivity index (χ1n) is 8.90. The van der Waals surface area contributed by atoms with Gasteiger partial charge in [0, 0.05) is 55.9 Å². The molecule has 0 unspecified atom stereocenters. The lowest BCUT2D eigenvalue weighted by Crippen LogP contribution is -2.49. The molecule has 0 spiro atoms. The van der Waals surface area contributed by atoms with Crippen molar-refractivity contribution in [3.8, 4) is 0 Å². The highest BCUT2D eigenvalue weighted by atomic mass is 16.2. The van der Waals surface area contributed by atoms with Gasteiger partial charge in [0.2, 0.25) is 5.91 Å². The smallest absolute Gasteiger partial charge is 0.257 e. The van der Waals surface area contributed by atoms with Gasteiger partial charge in [0.15, 0.2) is 0 Å². The number of carbonyl (C=O) groups excluding carboxylic acids is 2. The molecule has 26 heavy (non-hydrogen) atoms. The number of hydrogen-bond donors (Lipinski definition) is 1. The van der Waals surface area contributed by atoms with E-state index in [1.54, 1.807) is 24.5 Å². The van der Waals surface area contributed by atoms with Crippen molar-refractivity contribution in [1.29, 1.82) is 0 Å². The summed E-state index contributed by atoms with van der Waals surface area (Å²) in [5.74, 6) is 0.0917. The number of pyridine rings is 1. The van der Waals surface area contributed by atoms with Crippen LogP contribution in [0.5, 0.6) is 0 Å². The molecule has 3 rings (SSSR count). The second-order valence-electron chi connectivity index (χ2n) is 6.71. The molecule has 0 atom stereocenters. The molecule has 6 nitrogen and oxygen atoms in total. The Morgan fingerprint density at radius 1 is 1.04 bits per heavy atom. The Bertz CT molecular complexity index is 751. The van der Waals surface area contributed by atoms with Crippen molar-refractivity contribution in [2.24, 2.45) is 5.92 Å². The molecule has 0 bridgehead atoms. The fourth-order valence-electron chi connectivity index (χ4n) is 3.01. The zero-order valence-corrected chi connectivity index (χ0v) is 15.2. The molecule has 1 N–H and O–H groups in total. The van der Waals surface area contributed by atoms with Gasteiger partial charge in [-0.05, 0) is 36.4 Å². The topological polar surface area (TPSA) is 65.5 Å². The number of hydrogen-bond acceptors (Lipinski definition) is 4. The number of nitrogens with zero attached hydrogens (tertiary/aromatic N) is 3. The second kappa shape index (κ2) is 7.99. The van der Waals surface area contributed by atoms with Gasteiger partial charge >= 0.3 is 0 Å². The van der Waals surface area contributed by atoms with Crippen LogP contribution in [0.15, 0.2) is 48.8 Å². The first-order chi connectivity index (χ1) is 12.5. The molecule has 2 amide bonds. The molecular formula is C20H24N4O2. The fourth-order valence-corrected chi connectivity index (χ4v) is 3.01. The largest absolute Gasteiger partial charge is 0.368 e. The highest BCUT2D eigenvalue weighted by Gasteiger charge is 2.22. The van der Waals surface area contributed by atoms with E-state index in [1.165, 1.54) is 0 Å². The molecule has 0 saturated carbocycles. The van der Waals surface area contributed by atoms with E-state index in [-0.39, 0.29) is 17.7 Å². The number of anilines is 2. The zero-order chi connectivity index (χ0) is 18.5. The summed E-state index contributed by atoms with van der Waals surface area (Å²) in [6.45, 7) is 7.01. The number of amides is 2. The maximum absolute atomic E-state index is 12.2. The van der Waals surface area contributed by atoms with E-state index >= 15 is 0 Å². The molecule has 1 aromatic heterocycles. The van der Waals surface area contributed by atoms with Gasteiger partial charge < -0.3 is 15.1 Å². The van der Waals surface area contributed by atoms with E-state index in [4.69, 9.17) is 0 Å². The van der Waals surface area contributed by atoms with Crippen LogP contribution in [0.2, 0.25) is 0 Å². The Morgan fingerprint density at radius 3 is 2.31 bits per heavy atom. The molecule has 1 aliphatic rings. The van der Waals surface area contributed by atoms with E-state index < -0.39 is 0 Å². The van der Waals surface area contributed by atoms with Crippen LogP contribution >= 0.6 is 0 Å². The lowest BCUT2D eigenvalue weighted by molar-refractivity contribution is -0.134. The van der Waals surface area contributed by atoms with Crippen molar-refractivity contribution in [3.05, 3.63) is 54.4 Å². The van der Waals surface area contributed by atoms with Crippen molar-refractivity contribution in [1.82, 2.24) is 9.88 Å². The fraction of sp³-hybridized carbons (Fsp3) is 0.350. The third kappa shape index (κ3) is 4.20. The first-order valence-corrected chi connectivity index (χ1v) is 8.90. The monoisotopic (exact) mass is 352 g/mol. The average molecular weight is 352 g/mol. The number of nitrogens with one attached hydrogen (secondary N) is 1. The van der Waals surface area contributed by atoms with Crippen LogP contribution in [0.25, 0.3) is 0 Å². The molecule has 1 saturated heterocycles. The summed E-state index contributed by atoms with van der Waals surface area (Å²) >= 11 is 0. The van der Waals surface area contributed by atoms with Gasteiger partial charge in [-0.1, -0.05) is 13.8 Å². The predicted molar refractivity (Wildman–Crippen MR) is 102 cm³/mol. The summed E-state index contributed by atoms with van der Waals surface area (Å²) in [6.07, 6.45) is 3.18. The molecule has 0 radical (unpaired) electrons. The van der Waals surface area contributed by atoms with Crippen molar-refractivity contribution in [3.63, 3.8) is 0 Å². The quantitative estimate of drug-likeness (QED) is 0.919. The standard InChI is InChI=1S/C20H24N4O2/c1-15(2)20(26)24-12-10-23(11-13-24)18-7-5-17(6-8-18)22-19(25)16-4-3-9-21-14-16/h3-9,14-15H,10-13H2,1-2H3,(H,22,25). The lowest BCUT2D eigenvalue weighted by atomic mass is 10.1. The van der Waals surface area contributed by atoms with E-state index in [0.717, 1.165) is 37.6 Å². The van der Waals surface area contributed by atoms with Crippen molar-refractivity contribution in [2.45, 2.75) is 13.8 Å². The van der Waals surface area contributed by atoms with E-state index in [9.17, 15) is 9.59 Å². The molecule has 2 heterocycles. The van der Waals surface area contributed by atoms with Crippen LogP contribution in [0.1, 0.15) is 24.2 Å². The molecule has 0 aliphatic carbocycles. The molecule has 1 aromatic carbocycles. The third-order valence-corrected chi connectivity index (χ3v) is 4.50. The van der Waals surface area contributed by atoms with Crippen molar-refractivity contribution < 1.29 is 9.59 Å². The summed E-state index contributed by atoms with van der Waals surface area (Å²) in [7, 11) is 0. The van der Waals surface area contributed by atoms with Gasteiger partial charge in [0.05, 0.1) is 5.56 Å². The maximum Gasteiger partial charge on any atom is 0.257 e. The van der Waals surface area contributed by atoms with Crippen molar-refractivity contribution >= 4 is 23.2 Å². The summed E-state index contributed by atoms with van der Waals surface area (Å²) in [4.78, 5) is 32.4. The molecule has 1 fully saturated rings. The Hall–Kier alpha value is -2.89. The number of rotatable bonds is 4. The van der Waals surface area contributed by atoms with Gasteiger partial charge in [-0.2, -0.15) is 0 Å². The lowest BCUT2D eigenvalue weighted by Gasteiger charge is -2.37. The van der Waals surface area contributed by atoms with Gasteiger partial charge in [-0.15, -0.1) is 0 Å². The van der Waals surface area contributed by atoms with Crippen LogP contribution in [-0.4, -0.2) is 47.9 Å². The van der Waals surface area contributed by atoms with Crippen LogP contribution in [-0.2, 0) is 4.79 Å². The second-order valence-corrected chi connectivity index (χ2v) is 6.71. The van der Waals surface area contributed by atoms with Crippen LogP contribution in [0.4, 0.5) is 11.4 Å². The molecule has 6 heteroatoms. The Kier molecular flexibility index (Phi) is 5.51. The minimum atomic E-state index is -0.174. The summed E-state index contributed by atoms with van der Waals surface area (Å²) in [5, 5.41) is 2.87. The van der Waals surface area contributed by atoms with Gasteiger partial charge in [-0.25, -0.2) is 0 Å². The maximum atomic E-state index is 12.2. The highest BCUT2D eigenvalue weighted by Crippen LogP contribution is 2.20. The molecule has 136 valence electrons. The Balaban J connectivity index is 1.57. The predicted octanol–water partition coefficient (Wildman–Crippen LogP) is 2.64. The molecular weight excluding hydrogens is 328 g/mol. The average Bonchev–Trinajstić information content (AvgIpc) is 2.69. The number of piperazine rings is 1. The van der Waals surface area contributed by atoms with Crippen molar-refractivity contribution in [2.75, 3.05) is 36.4 Å². The van der Waals surface area contributed by atoms with E-state index in [1.807, 2.05) is 43.0 Å². The van der Waals surface area contributed by atoms with Gasteiger partial charge in [0.1, 0.15) is 0 Å². The minimum absolute atomic E-state index is 0.0456. The number of benzene rings is 1. The van der Waals surface area contributed by atoms with Crippen LogP contribution in [0.3, 0.4) is 0 Å². The Labute approximate surface area is 153 Å². The summed E-state index contributed by atoms with van der Waals surface area (Å²) in [5.41, 5.74) is 2.37. The minimum Gasteiger partial charge on any atom is -0.368 e. The molecule has 1 aliphatic heterocycles. The molecule has 2 aromatic rings. The summed E-state index contributed by atoms with van der Waals surface area (Å²) in [6, 6.07) is 11.3. The highest BCUT2D eigenvalue weighted by molar-refractivity contribution is 6.04. The van der Waals surface area contributed by atoms with Gasteiger partial charge in [0.25, 0.3) is 5.91 Å². The van der Waals surface area contributed by atoms with E-state index in [0.29, 0.717) is 5.56 Å². The number of carbonyl (C=O) groups is 2. The summed E-state index contributed by atoms with van der Waals surface area (Å²) < 4.78 is 0. The van der Waals surface area contributed by atoms with E-state index in [2.05, 4.69) is 15.2 Å². The van der Waals surface area contributed by atoms with Gasteiger partial charge in [-0.3, -0.25) is 14.6 Å². The third-order valence-electron chi connectivity index (χ3n) is 4.50.